The molecule has 7 nitrogen and oxygen atoms in total. The summed E-state index contributed by atoms with van der Waals surface area (Å²) in [6.45, 7) is 3.52. The summed E-state index contributed by atoms with van der Waals surface area (Å²) < 4.78 is 17.0. The van der Waals surface area contributed by atoms with Gasteiger partial charge in [-0.05, 0) is 50.2 Å². The first-order valence-electron chi connectivity index (χ1n) is 8.85. The van der Waals surface area contributed by atoms with Gasteiger partial charge in [0.25, 0.3) is 0 Å². The summed E-state index contributed by atoms with van der Waals surface area (Å²) in [5.41, 5.74) is 0.596. The minimum absolute atomic E-state index is 0.157. The molecule has 2 N–H and O–H groups in total. The SMILES string of the molecule is COc1ccc(NC(=O)CS(=O)CC(=O)NCCN2CCCCC2)cc1. The lowest BCUT2D eigenvalue weighted by molar-refractivity contribution is -0.118. The Hall–Kier alpha value is -1.93. The average molecular weight is 381 g/mol. The monoisotopic (exact) mass is 381 g/mol. The van der Waals surface area contributed by atoms with E-state index in [9.17, 15) is 13.8 Å². The maximum Gasteiger partial charge on any atom is 0.237 e. The van der Waals surface area contributed by atoms with Crippen molar-refractivity contribution in [1.82, 2.24) is 10.2 Å². The van der Waals surface area contributed by atoms with Gasteiger partial charge in [-0.25, -0.2) is 0 Å². The van der Waals surface area contributed by atoms with Gasteiger partial charge in [0.15, 0.2) is 0 Å². The highest BCUT2D eigenvalue weighted by molar-refractivity contribution is 7.86. The van der Waals surface area contributed by atoms with Crippen molar-refractivity contribution >= 4 is 28.3 Å². The number of amides is 2. The van der Waals surface area contributed by atoms with E-state index >= 15 is 0 Å². The maximum absolute atomic E-state index is 12.0. The minimum atomic E-state index is -1.53. The number of nitrogens with one attached hydrogen (secondary N) is 2. The van der Waals surface area contributed by atoms with Crippen molar-refractivity contribution in [2.75, 3.05) is 50.1 Å². The first-order chi connectivity index (χ1) is 12.6. The van der Waals surface area contributed by atoms with E-state index in [1.165, 1.54) is 19.3 Å². The number of methoxy groups -OCH3 is 1. The van der Waals surface area contributed by atoms with Gasteiger partial charge in [0.2, 0.25) is 11.8 Å². The predicted molar refractivity (Wildman–Crippen MR) is 103 cm³/mol. The van der Waals surface area contributed by atoms with Crippen LogP contribution in [0.2, 0.25) is 0 Å². The van der Waals surface area contributed by atoms with Gasteiger partial charge in [-0.1, -0.05) is 6.42 Å². The van der Waals surface area contributed by atoms with Crippen LogP contribution in [-0.2, 0) is 20.4 Å². The van der Waals surface area contributed by atoms with E-state index in [1.54, 1.807) is 31.4 Å². The van der Waals surface area contributed by atoms with Crippen LogP contribution in [0.1, 0.15) is 19.3 Å². The van der Waals surface area contributed by atoms with Gasteiger partial charge in [-0.15, -0.1) is 0 Å². The lowest BCUT2D eigenvalue weighted by atomic mass is 10.1. The molecule has 1 aliphatic heterocycles. The normalized spacial score (nSPS) is 15.9. The van der Waals surface area contributed by atoms with Crippen molar-refractivity contribution in [2.45, 2.75) is 19.3 Å². The number of likely N-dealkylation sites (tertiary alicyclic amines) is 1. The first-order valence-corrected chi connectivity index (χ1v) is 10.3. The van der Waals surface area contributed by atoms with Gasteiger partial charge in [-0.3, -0.25) is 13.8 Å². The molecule has 0 saturated carbocycles. The highest BCUT2D eigenvalue weighted by Crippen LogP contribution is 2.14. The lowest BCUT2D eigenvalue weighted by Crippen LogP contribution is -2.39. The molecule has 1 aliphatic rings. The molecule has 1 saturated heterocycles. The molecule has 0 bridgehead atoms. The summed E-state index contributed by atoms with van der Waals surface area (Å²) in [5, 5.41) is 5.43. The van der Waals surface area contributed by atoms with E-state index in [0.717, 1.165) is 19.6 Å². The number of benzene rings is 1. The van der Waals surface area contributed by atoms with E-state index in [4.69, 9.17) is 4.74 Å². The van der Waals surface area contributed by atoms with Crippen molar-refractivity contribution in [1.29, 1.82) is 0 Å². The van der Waals surface area contributed by atoms with Gasteiger partial charge in [-0.2, -0.15) is 0 Å². The largest absolute Gasteiger partial charge is 0.497 e. The molecular weight excluding hydrogens is 354 g/mol. The van der Waals surface area contributed by atoms with Gasteiger partial charge in [0.1, 0.15) is 17.3 Å². The van der Waals surface area contributed by atoms with Crippen molar-refractivity contribution < 1.29 is 18.5 Å². The van der Waals surface area contributed by atoms with Gasteiger partial charge in [0.05, 0.1) is 7.11 Å². The fourth-order valence-corrected chi connectivity index (χ4v) is 3.66. The number of rotatable bonds is 9. The summed E-state index contributed by atoms with van der Waals surface area (Å²) >= 11 is 0. The van der Waals surface area contributed by atoms with E-state index in [-0.39, 0.29) is 23.3 Å². The molecule has 0 radical (unpaired) electrons. The lowest BCUT2D eigenvalue weighted by Gasteiger charge is -2.26. The van der Waals surface area contributed by atoms with Crippen molar-refractivity contribution in [2.24, 2.45) is 0 Å². The summed E-state index contributed by atoms with van der Waals surface area (Å²) in [6, 6.07) is 6.85. The number of hydrogen-bond donors (Lipinski definition) is 2. The Morgan fingerprint density at radius 2 is 1.73 bits per heavy atom. The van der Waals surface area contributed by atoms with Crippen LogP contribution in [-0.4, -0.2) is 65.7 Å². The van der Waals surface area contributed by atoms with Gasteiger partial charge in [0, 0.05) is 29.6 Å². The van der Waals surface area contributed by atoms with Gasteiger partial charge >= 0.3 is 0 Å². The quantitative estimate of drug-likeness (QED) is 0.666. The Bertz CT molecular complexity index is 615. The number of carbonyl (C=O) groups excluding carboxylic acids is 2. The Morgan fingerprint density at radius 1 is 1.08 bits per heavy atom. The van der Waals surface area contributed by atoms with E-state index in [1.807, 2.05) is 0 Å². The van der Waals surface area contributed by atoms with Crippen molar-refractivity contribution in [3.05, 3.63) is 24.3 Å². The molecule has 1 atom stereocenters. The average Bonchev–Trinajstić information content (AvgIpc) is 2.63. The third kappa shape index (κ3) is 7.53. The Morgan fingerprint density at radius 3 is 2.38 bits per heavy atom. The zero-order valence-electron chi connectivity index (χ0n) is 15.2. The molecule has 0 aromatic heterocycles. The molecule has 0 aliphatic carbocycles. The van der Waals surface area contributed by atoms with Crippen LogP contribution in [0, 0.1) is 0 Å². The number of carbonyl (C=O) groups is 2. The molecular formula is C18H27N3O4S. The zero-order valence-corrected chi connectivity index (χ0v) is 16.0. The molecule has 2 amide bonds. The van der Waals surface area contributed by atoms with E-state index in [2.05, 4.69) is 15.5 Å². The highest BCUT2D eigenvalue weighted by atomic mass is 32.2. The molecule has 26 heavy (non-hydrogen) atoms. The van der Waals surface area contributed by atoms with E-state index in [0.29, 0.717) is 18.0 Å². The van der Waals surface area contributed by atoms with Crippen LogP contribution in [0.25, 0.3) is 0 Å². The smallest absolute Gasteiger partial charge is 0.237 e. The molecule has 0 spiro atoms. The van der Waals surface area contributed by atoms with Crippen LogP contribution in [0.4, 0.5) is 5.69 Å². The molecule has 1 fully saturated rings. The van der Waals surface area contributed by atoms with Gasteiger partial charge < -0.3 is 20.3 Å². The predicted octanol–water partition coefficient (Wildman–Crippen LogP) is 0.985. The number of hydrogen-bond acceptors (Lipinski definition) is 5. The Labute approximate surface area is 156 Å². The number of anilines is 1. The maximum atomic E-state index is 12.0. The fourth-order valence-electron chi connectivity index (χ4n) is 2.80. The second-order valence-corrected chi connectivity index (χ2v) is 7.71. The molecule has 1 heterocycles. The van der Waals surface area contributed by atoms with E-state index < -0.39 is 10.8 Å². The zero-order chi connectivity index (χ0) is 18.8. The number of ether oxygens (including phenoxy) is 1. The minimum Gasteiger partial charge on any atom is -0.497 e. The fraction of sp³-hybridized carbons (Fsp3) is 0.556. The molecule has 144 valence electrons. The molecule has 1 unspecified atom stereocenters. The standard InChI is InChI=1S/C18H27N3O4S/c1-25-16-7-5-15(6-8-16)20-18(23)14-26(24)13-17(22)19-9-12-21-10-3-2-4-11-21/h5-8H,2-4,9-14H2,1H3,(H,19,22)(H,20,23). The molecule has 1 aromatic rings. The van der Waals surface area contributed by atoms with Crippen LogP contribution in [0.3, 0.4) is 0 Å². The van der Waals surface area contributed by atoms with Crippen molar-refractivity contribution in [3.63, 3.8) is 0 Å². The first kappa shape index (κ1) is 20.4. The third-order valence-corrected chi connectivity index (χ3v) is 5.33. The Kier molecular flexibility index (Phi) is 8.57. The summed E-state index contributed by atoms with van der Waals surface area (Å²) in [7, 11) is 0.0334. The molecule has 8 heteroatoms. The van der Waals surface area contributed by atoms with Crippen LogP contribution in [0.15, 0.2) is 24.3 Å². The number of piperidine rings is 1. The molecule has 2 rings (SSSR count). The Balaban J connectivity index is 1.63. The summed E-state index contributed by atoms with van der Waals surface area (Å²) in [4.78, 5) is 26.1. The number of nitrogens with zero attached hydrogens (tertiary/aromatic N) is 1. The van der Waals surface area contributed by atoms with Crippen LogP contribution in [0.5, 0.6) is 5.75 Å². The highest BCUT2D eigenvalue weighted by Gasteiger charge is 2.14. The van der Waals surface area contributed by atoms with Crippen molar-refractivity contribution in [3.8, 4) is 5.75 Å². The topological polar surface area (TPSA) is 87.7 Å². The van der Waals surface area contributed by atoms with Crippen LogP contribution >= 0.6 is 0 Å². The second kappa shape index (κ2) is 10.9. The summed E-state index contributed by atoms with van der Waals surface area (Å²) in [5.74, 6) is -0.332. The second-order valence-electron chi connectivity index (χ2n) is 6.26. The molecule has 1 aromatic carbocycles. The summed E-state index contributed by atoms with van der Waals surface area (Å²) in [6.07, 6.45) is 3.70. The van der Waals surface area contributed by atoms with Crippen LogP contribution < -0.4 is 15.4 Å². The third-order valence-electron chi connectivity index (χ3n) is 4.16.